The van der Waals surface area contributed by atoms with Crippen LogP contribution in [0.3, 0.4) is 0 Å². The van der Waals surface area contributed by atoms with Crippen molar-refractivity contribution >= 4 is 18.0 Å². The maximum atomic E-state index is 12.5. The third kappa shape index (κ3) is 5.08. The number of carbonyl (C=O) groups is 3. The number of fused-ring (bicyclic) bond motifs is 3. The Labute approximate surface area is 192 Å². The molecule has 33 heavy (non-hydrogen) atoms. The Kier molecular flexibility index (Phi) is 6.77. The fourth-order valence-corrected chi connectivity index (χ4v) is 4.69. The van der Waals surface area contributed by atoms with Gasteiger partial charge in [-0.3, -0.25) is 4.79 Å². The third-order valence-corrected chi connectivity index (χ3v) is 6.49. The largest absolute Gasteiger partial charge is 0.478 e. The molecule has 2 aromatic rings. The van der Waals surface area contributed by atoms with Gasteiger partial charge in [0, 0.05) is 30.0 Å². The van der Waals surface area contributed by atoms with E-state index < -0.39 is 12.1 Å². The van der Waals surface area contributed by atoms with E-state index in [1.54, 1.807) is 0 Å². The second-order valence-corrected chi connectivity index (χ2v) is 8.61. The molecule has 2 aliphatic carbocycles. The number of amides is 2. The van der Waals surface area contributed by atoms with Crippen LogP contribution in [0.4, 0.5) is 4.79 Å². The number of benzene rings is 2. The maximum Gasteiger partial charge on any atom is 0.407 e. The van der Waals surface area contributed by atoms with E-state index in [9.17, 15) is 14.4 Å². The predicted octanol–water partition coefficient (Wildman–Crippen LogP) is 3.84. The molecule has 3 N–H and O–H groups in total. The zero-order valence-corrected chi connectivity index (χ0v) is 18.5. The highest BCUT2D eigenvalue weighted by Crippen LogP contribution is 2.44. The second-order valence-electron chi connectivity index (χ2n) is 8.61. The van der Waals surface area contributed by atoms with Crippen molar-refractivity contribution in [2.75, 3.05) is 13.2 Å². The fourth-order valence-electron chi connectivity index (χ4n) is 4.69. The van der Waals surface area contributed by atoms with Crippen molar-refractivity contribution < 1.29 is 24.2 Å². The van der Waals surface area contributed by atoms with E-state index in [1.807, 2.05) is 24.3 Å². The zero-order valence-electron chi connectivity index (χ0n) is 18.5. The fraction of sp³-hybridized carbons (Fsp3) is 0.346. The molecule has 4 rings (SSSR count). The van der Waals surface area contributed by atoms with Gasteiger partial charge in [0.1, 0.15) is 6.61 Å². The average Bonchev–Trinajstić information content (AvgIpc) is 3.40. The minimum atomic E-state index is -1.00. The van der Waals surface area contributed by atoms with Gasteiger partial charge in [-0.15, -0.1) is 0 Å². The topological polar surface area (TPSA) is 105 Å². The molecule has 7 nitrogen and oxygen atoms in total. The van der Waals surface area contributed by atoms with Crippen LogP contribution < -0.4 is 10.6 Å². The van der Waals surface area contributed by atoms with Gasteiger partial charge in [-0.05, 0) is 48.4 Å². The molecule has 1 saturated carbocycles. The lowest BCUT2D eigenvalue weighted by Gasteiger charge is -2.17. The highest BCUT2D eigenvalue weighted by molar-refractivity contribution is 5.86. The molecule has 0 saturated heterocycles. The van der Waals surface area contributed by atoms with E-state index in [0.717, 1.165) is 11.1 Å². The predicted molar refractivity (Wildman–Crippen MR) is 124 cm³/mol. The first kappa shape index (κ1) is 22.6. The Morgan fingerprint density at radius 3 is 2.30 bits per heavy atom. The lowest BCUT2D eigenvalue weighted by Crippen LogP contribution is -2.35. The van der Waals surface area contributed by atoms with E-state index in [-0.39, 0.29) is 42.5 Å². The summed E-state index contributed by atoms with van der Waals surface area (Å²) in [5.74, 6) is -1.33. The van der Waals surface area contributed by atoms with E-state index >= 15 is 0 Å². The van der Waals surface area contributed by atoms with E-state index in [4.69, 9.17) is 9.84 Å². The third-order valence-electron chi connectivity index (χ3n) is 6.49. The molecule has 0 bridgehead atoms. The number of carboxylic acid groups (broad SMARTS) is 1. The van der Waals surface area contributed by atoms with Crippen molar-refractivity contribution in [3.05, 3.63) is 71.3 Å². The Hall–Kier alpha value is -3.61. The van der Waals surface area contributed by atoms with Crippen molar-refractivity contribution in [3.63, 3.8) is 0 Å². The van der Waals surface area contributed by atoms with Gasteiger partial charge in [0.15, 0.2) is 0 Å². The summed E-state index contributed by atoms with van der Waals surface area (Å²) < 4.78 is 5.60. The zero-order chi connectivity index (χ0) is 23.4. The van der Waals surface area contributed by atoms with Crippen molar-refractivity contribution in [3.8, 4) is 11.1 Å². The number of nitrogens with one attached hydrogen (secondary N) is 2. The van der Waals surface area contributed by atoms with E-state index in [1.165, 1.54) is 24.1 Å². The second kappa shape index (κ2) is 9.90. The monoisotopic (exact) mass is 448 g/mol. The number of alkyl carbamates (subject to hydrolysis) is 1. The molecule has 2 atom stereocenters. The number of carboxylic acids is 1. The summed E-state index contributed by atoms with van der Waals surface area (Å²) in [4.78, 5) is 35.6. The summed E-state index contributed by atoms with van der Waals surface area (Å²) in [5, 5.41) is 14.5. The van der Waals surface area contributed by atoms with E-state index in [0.29, 0.717) is 19.3 Å². The highest BCUT2D eigenvalue weighted by Gasteiger charge is 2.32. The van der Waals surface area contributed by atoms with Gasteiger partial charge >= 0.3 is 12.1 Å². The SMILES string of the molecule is C/C(=C\CNC(=O)[C@H]1CC[C@@H](NC(=O)OCC2c3ccccc3-c3ccccc32)C1)C(=O)O. The lowest BCUT2D eigenvalue weighted by atomic mass is 9.98. The normalized spacial score (nSPS) is 19.5. The van der Waals surface area contributed by atoms with Gasteiger partial charge in [0.25, 0.3) is 0 Å². The number of ether oxygens (including phenoxy) is 1. The van der Waals surface area contributed by atoms with Crippen molar-refractivity contribution in [1.29, 1.82) is 0 Å². The summed E-state index contributed by atoms with van der Waals surface area (Å²) in [7, 11) is 0. The average molecular weight is 449 g/mol. The quantitative estimate of drug-likeness (QED) is 0.558. The molecule has 2 aromatic carbocycles. The summed E-state index contributed by atoms with van der Waals surface area (Å²) >= 11 is 0. The molecule has 2 aliphatic rings. The molecule has 0 unspecified atom stereocenters. The standard InChI is InChI=1S/C26H28N2O5/c1-16(25(30)31)12-13-27-24(29)17-10-11-18(14-17)28-26(32)33-15-23-21-8-4-2-6-19(21)20-7-3-5-9-22(20)23/h2-9,12,17-18,23H,10-11,13-15H2,1H3,(H,27,29)(H,28,32)(H,30,31)/b16-12+/t17-,18+/m0/s1. The highest BCUT2D eigenvalue weighted by atomic mass is 16.5. The number of carbonyl (C=O) groups excluding carboxylic acids is 2. The summed E-state index contributed by atoms with van der Waals surface area (Å²) in [6.45, 7) is 1.92. The van der Waals surface area contributed by atoms with E-state index in [2.05, 4.69) is 34.9 Å². The number of hydrogen-bond donors (Lipinski definition) is 3. The lowest BCUT2D eigenvalue weighted by molar-refractivity contribution is -0.132. The van der Waals surface area contributed by atoms with Gasteiger partial charge in [-0.1, -0.05) is 54.6 Å². The molecular formula is C26H28N2O5. The molecule has 2 amide bonds. The first-order chi connectivity index (χ1) is 15.9. The van der Waals surface area contributed by atoms with Crippen LogP contribution in [0.15, 0.2) is 60.2 Å². The summed E-state index contributed by atoms with van der Waals surface area (Å²) in [6, 6.07) is 16.3. The van der Waals surface area contributed by atoms with Gasteiger partial charge in [-0.25, -0.2) is 9.59 Å². The first-order valence-corrected chi connectivity index (χ1v) is 11.2. The number of hydrogen-bond acceptors (Lipinski definition) is 4. The molecule has 1 fully saturated rings. The smallest absolute Gasteiger partial charge is 0.407 e. The summed E-state index contributed by atoms with van der Waals surface area (Å²) in [6.07, 6.45) is 2.91. The molecule has 0 radical (unpaired) electrons. The molecular weight excluding hydrogens is 420 g/mol. The van der Waals surface area contributed by atoms with Gasteiger partial charge < -0.3 is 20.5 Å². The number of rotatable bonds is 7. The molecule has 0 aromatic heterocycles. The van der Waals surface area contributed by atoms with Crippen molar-refractivity contribution in [2.24, 2.45) is 5.92 Å². The summed E-state index contributed by atoms with van der Waals surface area (Å²) in [5.41, 5.74) is 4.88. The van der Waals surface area contributed by atoms with Gasteiger partial charge in [-0.2, -0.15) is 0 Å². The van der Waals surface area contributed by atoms with Gasteiger partial charge in [0.05, 0.1) is 0 Å². The number of aliphatic carboxylic acids is 1. The van der Waals surface area contributed by atoms with Crippen LogP contribution in [-0.4, -0.2) is 42.3 Å². The van der Waals surface area contributed by atoms with Crippen molar-refractivity contribution in [1.82, 2.24) is 10.6 Å². The van der Waals surface area contributed by atoms with Crippen LogP contribution in [-0.2, 0) is 14.3 Å². The minimum absolute atomic E-state index is 0.00701. The Morgan fingerprint density at radius 1 is 1.03 bits per heavy atom. The van der Waals surface area contributed by atoms with Crippen molar-refractivity contribution in [2.45, 2.75) is 38.1 Å². The molecule has 7 heteroatoms. The van der Waals surface area contributed by atoms with Crippen LogP contribution >= 0.6 is 0 Å². The Balaban J connectivity index is 1.26. The van der Waals surface area contributed by atoms with Crippen LogP contribution in [0.5, 0.6) is 0 Å². The molecule has 0 heterocycles. The van der Waals surface area contributed by atoms with Gasteiger partial charge in [0.2, 0.25) is 5.91 Å². The first-order valence-electron chi connectivity index (χ1n) is 11.2. The van der Waals surface area contributed by atoms with Crippen LogP contribution in [0.1, 0.15) is 43.2 Å². The maximum absolute atomic E-state index is 12.5. The van der Waals surface area contributed by atoms with Crippen LogP contribution in [0, 0.1) is 5.92 Å². The van der Waals surface area contributed by atoms with Crippen LogP contribution in [0.25, 0.3) is 11.1 Å². The molecule has 0 aliphatic heterocycles. The molecule has 172 valence electrons. The van der Waals surface area contributed by atoms with Crippen LogP contribution in [0.2, 0.25) is 0 Å². The minimum Gasteiger partial charge on any atom is -0.478 e. The molecule has 0 spiro atoms. The Bertz CT molecular complexity index is 1050. The Morgan fingerprint density at radius 2 is 1.67 bits per heavy atom.